The van der Waals surface area contributed by atoms with E-state index in [0.717, 1.165) is 36.6 Å². The first-order valence-electron chi connectivity index (χ1n) is 5.89. The molecule has 1 N–H and O–H groups in total. The van der Waals surface area contributed by atoms with Gasteiger partial charge in [0.2, 0.25) is 0 Å². The van der Waals surface area contributed by atoms with Crippen LogP contribution < -0.4 is 14.4 Å². The lowest BCUT2D eigenvalue weighted by Crippen LogP contribution is -2.32. The Morgan fingerprint density at radius 2 is 2.18 bits per heavy atom. The summed E-state index contributed by atoms with van der Waals surface area (Å²) in [7, 11) is 3.29. The maximum absolute atomic E-state index is 9.35. The topological polar surface area (TPSA) is 41.9 Å². The van der Waals surface area contributed by atoms with Crippen LogP contribution in [-0.2, 0) is 0 Å². The van der Waals surface area contributed by atoms with Crippen LogP contribution in [0.1, 0.15) is 12.8 Å². The van der Waals surface area contributed by atoms with Gasteiger partial charge in [0, 0.05) is 12.6 Å². The lowest BCUT2D eigenvalue weighted by Gasteiger charge is -2.27. The van der Waals surface area contributed by atoms with Gasteiger partial charge < -0.3 is 19.5 Å². The molecule has 1 aliphatic heterocycles. The second kappa shape index (κ2) is 5.27. The molecule has 0 radical (unpaired) electrons. The summed E-state index contributed by atoms with van der Waals surface area (Å²) in [4.78, 5) is 2.21. The van der Waals surface area contributed by atoms with Gasteiger partial charge in [-0.05, 0) is 25.0 Å². The molecule has 0 spiro atoms. The smallest absolute Gasteiger partial charge is 0.145 e. The van der Waals surface area contributed by atoms with E-state index in [-0.39, 0.29) is 12.6 Å². The van der Waals surface area contributed by atoms with Crippen molar-refractivity contribution in [3.05, 3.63) is 18.2 Å². The second-order valence-electron chi connectivity index (χ2n) is 4.21. The molecule has 0 aliphatic carbocycles. The number of hydrogen-bond donors (Lipinski definition) is 1. The molecular weight excluding hydrogens is 218 g/mol. The van der Waals surface area contributed by atoms with Crippen LogP contribution in [0.3, 0.4) is 0 Å². The Morgan fingerprint density at radius 1 is 1.35 bits per heavy atom. The average molecular weight is 237 g/mol. The first kappa shape index (κ1) is 12.0. The Hall–Kier alpha value is -1.42. The number of methoxy groups -OCH3 is 2. The van der Waals surface area contributed by atoms with Crippen LogP contribution in [0.15, 0.2) is 18.2 Å². The quantitative estimate of drug-likeness (QED) is 0.865. The number of aliphatic hydroxyl groups excluding tert-OH is 1. The van der Waals surface area contributed by atoms with Gasteiger partial charge in [0.25, 0.3) is 0 Å². The maximum atomic E-state index is 9.35. The predicted molar refractivity (Wildman–Crippen MR) is 67.0 cm³/mol. The summed E-state index contributed by atoms with van der Waals surface area (Å²) < 4.78 is 10.6. The molecule has 1 heterocycles. The van der Waals surface area contributed by atoms with Crippen molar-refractivity contribution in [3.63, 3.8) is 0 Å². The van der Waals surface area contributed by atoms with Crippen LogP contribution >= 0.6 is 0 Å². The first-order chi connectivity index (χ1) is 8.30. The van der Waals surface area contributed by atoms with Gasteiger partial charge in [-0.1, -0.05) is 0 Å². The minimum absolute atomic E-state index is 0.190. The van der Waals surface area contributed by atoms with Gasteiger partial charge in [-0.3, -0.25) is 0 Å². The number of anilines is 1. The Kier molecular flexibility index (Phi) is 3.74. The molecule has 1 aromatic carbocycles. The van der Waals surface area contributed by atoms with Gasteiger partial charge in [0.1, 0.15) is 11.5 Å². The number of rotatable bonds is 4. The predicted octanol–water partition coefficient (Wildman–Crippen LogP) is 1.66. The first-order valence-corrected chi connectivity index (χ1v) is 5.89. The fourth-order valence-electron chi connectivity index (χ4n) is 2.36. The molecule has 0 aromatic heterocycles. The van der Waals surface area contributed by atoms with Crippen molar-refractivity contribution in [2.75, 3.05) is 32.3 Å². The summed E-state index contributed by atoms with van der Waals surface area (Å²) in [5.41, 5.74) is 1.03. The van der Waals surface area contributed by atoms with Gasteiger partial charge in [0.15, 0.2) is 0 Å². The summed E-state index contributed by atoms with van der Waals surface area (Å²) in [6.45, 7) is 1.16. The summed E-state index contributed by atoms with van der Waals surface area (Å²) in [6.07, 6.45) is 2.14. The van der Waals surface area contributed by atoms with Crippen LogP contribution in [0.5, 0.6) is 11.5 Å². The molecule has 1 aromatic rings. The Bertz CT molecular complexity index is 381. The summed E-state index contributed by atoms with van der Waals surface area (Å²) in [5.74, 6) is 1.58. The van der Waals surface area contributed by atoms with E-state index in [4.69, 9.17) is 9.47 Å². The average Bonchev–Trinajstić information content (AvgIpc) is 2.85. The van der Waals surface area contributed by atoms with Gasteiger partial charge in [0.05, 0.1) is 32.6 Å². The molecule has 0 amide bonds. The normalized spacial score (nSPS) is 19.5. The largest absolute Gasteiger partial charge is 0.497 e. The molecular formula is C13H19NO3. The molecule has 1 atom stereocenters. The van der Waals surface area contributed by atoms with Crippen LogP contribution in [0.25, 0.3) is 0 Å². The summed E-state index contributed by atoms with van der Waals surface area (Å²) >= 11 is 0. The van der Waals surface area contributed by atoms with Crippen molar-refractivity contribution < 1.29 is 14.6 Å². The van der Waals surface area contributed by atoms with Crippen molar-refractivity contribution in [1.82, 2.24) is 0 Å². The van der Waals surface area contributed by atoms with Crippen molar-refractivity contribution >= 4 is 5.69 Å². The third kappa shape index (κ3) is 2.31. The summed E-state index contributed by atoms with van der Waals surface area (Å²) in [6, 6.07) is 6.00. The van der Waals surface area contributed by atoms with Crippen LogP contribution in [0.2, 0.25) is 0 Å². The molecule has 2 rings (SSSR count). The van der Waals surface area contributed by atoms with Gasteiger partial charge in [-0.2, -0.15) is 0 Å². The Morgan fingerprint density at radius 3 is 2.82 bits per heavy atom. The van der Waals surface area contributed by atoms with Crippen molar-refractivity contribution in [2.45, 2.75) is 18.9 Å². The minimum atomic E-state index is 0.190. The molecule has 1 aliphatic rings. The highest BCUT2D eigenvalue weighted by atomic mass is 16.5. The zero-order valence-electron chi connectivity index (χ0n) is 10.3. The van der Waals surface area contributed by atoms with Crippen LogP contribution in [0.4, 0.5) is 5.69 Å². The molecule has 0 saturated carbocycles. The highest BCUT2D eigenvalue weighted by molar-refractivity contribution is 5.62. The molecule has 1 fully saturated rings. The van der Waals surface area contributed by atoms with Crippen molar-refractivity contribution in [2.24, 2.45) is 0 Å². The van der Waals surface area contributed by atoms with E-state index in [2.05, 4.69) is 4.90 Å². The molecule has 0 bridgehead atoms. The third-order valence-corrected chi connectivity index (χ3v) is 3.28. The van der Waals surface area contributed by atoms with E-state index < -0.39 is 0 Å². The molecule has 1 saturated heterocycles. The zero-order valence-corrected chi connectivity index (χ0v) is 10.3. The van der Waals surface area contributed by atoms with E-state index in [9.17, 15) is 5.11 Å². The number of hydrogen-bond acceptors (Lipinski definition) is 4. The van der Waals surface area contributed by atoms with Crippen LogP contribution in [0, 0.1) is 0 Å². The van der Waals surface area contributed by atoms with Gasteiger partial charge in [-0.25, -0.2) is 0 Å². The third-order valence-electron chi connectivity index (χ3n) is 3.28. The fraction of sp³-hybridized carbons (Fsp3) is 0.538. The highest BCUT2D eigenvalue weighted by Gasteiger charge is 2.26. The molecule has 17 heavy (non-hydrogen) atoms. The van der Waals surface area contributed by atoms with E-state index in [0.29, 0.717) is 0 Å². The van der Waals surface area contributed by atoms with Crippen molar-refractivity contribution in [3.8, 4) is 11.5 Å². The van der Waals surface area contributed by atoms with E-state index in [1.54, 1.807) is 14.2 Å². The number of ether oxygens (including phenoxy) is 2. The van der Waals surface area contributed by atoms with Gasteiger partial charge in [-0.15, -0.1) is 0 Å². The molecule has 4 heteroatoms. The highest BCUT2D eigenvalue weighted by Crippen LogP contribution is 2.36. The Balaban J connectivity index is 2.30. The SMILES string of the molecule is COc1ccc(N2CCCC2CO)c(OC)c1. The maximum Gasteiger partial charge on any atom is 0.145 e. The lowest BCUT2D eigenvalue weighted by molar-refractivity contribution is 0.266. The van der Waals surface area contributed by atoms with E-state index in [1.807, 2.05) is 18.2 Å². The lowest BCUT2D eigenvalue weighted by atomic mass is 10.2. The molecule has 4 nitrogen and oxygen atoms in total. The second-order valence-corrected chi connectivity index (χ2v) is 4.21. The number of benzene rings is 1. The van der Waals surface area contributed by atoms with E-state index >= 15 is 0 Å². The van der Waals surface area contributed by atoms with Crippen LogP contribution in [-0.4, -0.2) is 38.5 Å². The Labute approximate surface area is 102 Å². The number of aliphatic hydroxyl groups is 1. The van der Waals surface area contributed by atoms with Gasteiger partial charge >= 0.3 is 0 Å². The van der Waals surface area contributed by atoms with E-state index in [1.165, 1.54) is 0 Å². The molecule has 1 unspecified atom stereocenters. The minimum Gasteiger partial charge on any atom is -0.497 e. The standard InChI is InChI=1S/C13H19NO3/c1-16-11-5-6-12(13(8-11)17-2)14-7-3-4-10(14)9-15/h5-6,8,10,15H,3-4,7,9H2,1-2H3. The van der Waals surface area contributed by atoms with Crippen molar-refractivity contribution in [1.29, 1.82) is 0 Å². The summed E-state index contributed by atoms with van der Waals surface area (Å²) in [5, 5.41) is 9.35. The fourth-order valence-corrected chi connectivity index (χ4v) is 2.36. The zero-order chi connectivity index (χ0) is 12.3. The number of nitrogens with zero attached hydrogens (tertiary/aromatic N) is 1. The molecule has 94 valence electrons. The monoisotopic (exact) mass is 237 g/mol.